The number of aryl methyl sites for hydroxylation is 1. The van der Waals surface area contributed by atoms with Crippen LogP contribution in [0.4, 0.5) is 10.8 Å². The van der Waals surface area contributed by atoms with E-state index in [1.54, 1.807) is 16.0 Å². The van der Waals surface area contributed by atoms with Crippen LogP contribution in [0.15, 0.2) is 72.9 Å². The standard InChI is InChI=1S/C25H22N4O2S/c1-17-8-7-12-21-23(17)27-25(32-21)29(16-19-9-5-6-13-26-19)24(31)18-14-22(30)28(15-18)20-10-3-2-4-11-20/h2-13,18H,14-16H2,1H3. The fourth-order valence-electron chi connectivity index (χ4n) is 4.03. The molecule has 5 rings (SSSR count). The highest BCUT2D eigenvalue weighted by atomic mass is 32.1. The summed E-state index contributed by atoms with van der Waals surface area (Å²) in [6.45, 7) is 2.70. The maximum atomic E-state index is 13.7. The van der Waals surface area contributed by atoms with Crippen molar-refractivity contribution < 1.29 is 9.59 Å². The molecule has 1 fully saturated rings. The predicted molar refractivity (Wildman–Crippen MR) is 127 cm³/mol. The van der Waals surface area contributed by atoms with Gasteiger partial charge in [-0.2, -0.15) is 0 Å². The van der Waals surface area contributed by atoms with Gasteiger partial charge in [0.15, 0.2) is 5.13 Å². The number of fused-ring (bicyclic) bond motifs is 1. The molecule has 1 atom stereocenters. The molecule has 3 heterocycles. The molecule has 160 valence electrons. The van der Waals surface area contributed by atoms with Crippen LogP contribution >= 0.6 is 11.3 Å². The first-order valence-electron chi connectivity index (χ1n) is 10.5. The summed E-state index contributed by atoms with van der Waals surface area (Å²) in [5.41, 5.74) is 3.57. The molecule has 32 heavy (non-hydrogen) atoms. The van der Waals surface area contributed by atoms with Crippen molar-refractivity contribution in [1.82, 2.24) is 9.97 Å². The minimum Gasteiger partial charge on any atom is -0.312 e. The Hall–Kier alpha value is -3.58. The lowest BCUT2D eigenvalue weighted by molar-refractivity contribution is -0.124. The maximum Gasteiger partial charge on any atom is 0.234 e. The summed E-state index contributed by atoms with van der Waals surface area (Å²) in [7, 11) is 0. The van der Waals surface area contributed by atoms with Crippen molar-refractivity contribution in [2.45, 2.75) is 19.9 Å². The third-order valence-corrected chi connectivity index (χ3v) is 6.74. The van der Waals surface area contributed by atoms with Gasteiger partial charge < -0.3 is 4.90 Å². The molecule has 1 saturated heterocycles. The van der Waals surface area contributed by atoms with Crippen molar-refractivity contribution in [1.29, 1.82) is 0 Å². The average Bonchev–Trinajstić information content (AvgIpc) is 3.43. The van der Waals surface area contributed by atoms with E-state index in [1.165, 1.54) is 11.3 Å². The second kappa shape index (κ2) is 8.51. The second-order valence-electron chi connectivity index (χ2n) is 7.90. The van der Waals surface area contributed by atoms with Gasteiger partial charge in [0.2, 0.25) is 11.8 Å². The Morgan fingerprint density at radius 2 is 1.91 bits per heavy atom. The van der Waals surface area contributed by atoms with Crippen LogP contribution < -0.4 is 9.80 Å². The van der Waals surface area contributed by atoms with Crippen molar-refractivity contribution in [3.8, 4) is 0 Å². The highest BCUT2D eigenvalue weighted by molar-refractivity contribution is 7.22. The molecule has 0 saturated carbocycles. The zero-order valence-electron chi connectivity index (χ0n) is 17.6. The second-order valence-corrected chi connectivity index (χ2v) is 8.91. The summed E-state index contributed by atoms with van der Waals surface area (Å²) >= 11 is 1.49. The molecule has 0 radical (unpaired) electrons. The molecule has 0 aliphatic carbocycles. The number of pyridine rings is 1. The molecule has 1 aliphatic heterocycles. The highest BCUT2D eigenvalue weighted by Crippen LogP contribution is 2.34. The lowest BCUT2D eigenvalue weighted by atomic mass is 10.1. The van der Waals surface area contributed by atoms with Crippen molar-refractivity contribution in [3.05, 3.63) is 84.2 Å². The summed E-state index contributed by atoms with van der Waals surface area (Å²) in [4.78, 5) is 39.0. The minimum atomic E-state index is -0.431. The molecule has 0 N–H and O–H groups in total. The van der Waals surface area contributed by atoms with Crippen LogP contribution in [0.5, 0.6) is 0 Å². The van der Waals surface area contributed by atoms with Crippen LogP contribution in [0.25, 0.3) is 10.2 Å². The van der Waals surface area contributed by atoms with Gasteiger partial charge in [-0.15, -0.1) is 0 Å². The molecule has 0 spiro atoms. The maximum absolute atomic E-state index is 13.7. The predicted octanol–water partition coefficient (Wildman–Crippen LogP) is 4.59. The summed E-state index contributed by atoms with van der Waals surface area (Å²) in [6, 6.07) is 21.2. The van der Waals surface area contributed by atoms with Crippen LogP contribution in [0.2, 0.25) is 0 Å². The molecular formula is C25H22N4O2S. The Labute approximate surface area is 190 Å². The number of hydrogen-bond acceptors (Lipinski definition) is 5. The zero-order chi connectivity index (χ0) is 22.1. The quantitative estimate of drug-likeness (QED) is 0.454. The Kier molecular flexibility index (Phi) is 5.41. The van der Waals surface area contributed by atoms with Gasteiger partial charge in [-0.3, -0.25) is 19.5 Å². The van der Waals surface area contributed by atoms with Crippen molar-refractivity contribution in [3.63, 3.8) is 0 Å². The number of thiazole rings is 1. The van der Waals surface area contributed by atoms with E-state index in [-0.39, 0.29) is 18.2 Å². The van der Waals surface area contributed by atoms with Gasteiger partial charge >= 0.3 is 0 Å². The number of aromatic nitrogens is 2. The number of carbonyl (C=O) groups is 2. The molecule has 2 amide bonds. The van der Waals surface area contributed by atoms with E-state index in [1.807, 2.05) is 73.7 Å². The van der Waals surface area contributed by atoms with E-state index in [2.05, 4.69) is 4.98 Å². The first-order chi connectivity index (χ1) is 15.6. The number of para-hydroxylation sites is 2. The number of anilines is 2. The van der Waals surface area contributed by atoms with Crippen LogP contribution in [-0.2, 0) is 16.1 Å². The molecule has 7 heteroatoms. The van der Waals surface area contributed by atoms with E-state index in [9.17, 15) is 9.59 Å². The summed E-state index contributed by atoms with van der Waals surface area (Å²) in [5, 5.41) is 0.635. The van der Waals surface area contributed by atoms with Gasteiger partial charge in [0, 0.05) is 24.8 Å². The average molecular weight is 443 g/mol. The van der Waals surface area contributed by atoms with Crippen LogP contribution in [0.1, 0.15) is 17.7 Å². The highest BCUT2D eigenvalue weighted by Gasteiger charge is 2.38. The Morgan fingerprint density at radius 1 is 1.09 bits per heavy atom. The molecule has 4 aromatic rings. The van der Waals surface area contributed by atoms with E-state index >= 15 is 0 Å². The first-order valence-corrected chi connectivity index (χ1v) is 11.3. The summed E-state index contributed by atoms with van der Waals surface area (Å²) < 4.78 is 1.03. The lowest BCUT2D eigenvalue weighted by Gasteiger charge is -2.23. The van der Waals surface area contributed by atoms with E-state index in [0.717, 1.165) is 27.2 Å². The molecule has 2 aromatic carbocycles. The normalized spacial score (nSPS) is 16.0. The van der Waals surface area contributed by atoms with Crippen LogP contribution in [-0.4, -0.2) is 28.3 Å². The molecule has 6 nitrogen and oxygen atoms in total. The molecule has 2 aromatic heterocycles. The fourth-order valence-corrected chi connectivity index (χ4v) is 5.08. The van der Waals surface area contributed by atoms with Gasteiger partial charge in [-0.1, -0.05) is 47.7 Å². The third kappa shape index (κ3) is 3.87. The SMILES string of the molecule is Cc1cccc2sc(N(Cc3ccccn3)C(=O)C3CC(=O)N(c4ccccc4)C3)nc12. The summed E-state index contributed by atoms with van der Waals surface area (Å²) in [5.74, 6) is -0.564. The van der Waals surface area contributed by atoms with E-state index < -0.39 is 5.92 Å². The largest absolute Gasteiger partial charge is 0.312 e. The number of hydrogen-bond donors (Lipinski definition) is 0. The van der Waals surface area contributed by atoms with Gasteiger partial charge in [-0.25, -0.2) is 4.98 Å². The van der Waals surface area contributed by atoms with Crippen molar-refractivity contribution >= 4 is 44.2 Å². The third-order valence-electron chi connectivity index (χ3n) is 5.69. The number of amides is 2. The smallest absolute Gasteiger partial charge is 0.234 e. The van der Waals surface area contributed by atoms with Crippen molar-refractivity contribution in [2.75, 3.05) is 16.3 Å². The number of nitrogens with zero attached hydrogens (tertiary/aromatic N) is 4. The van der Waals surface area contributed by atoms with Gasteiger partial charge in [0.25, 0.3) is 0 Å². The topological polar surface area (TPSA) is 66.4 Å². The number of rotatable bonds is 5. The van der Waals surface area contributed by atoms with Gasteiger partial charge in [0.05, 0.1) is 28.4 Å². The Bertz CT molecular complexity index is 1270. The van der Waals surface area contributed by atoms with E-state index in [4.69, 9.17) is 4.98 Å². The van der Waals surface area contributed by atoms with Gasteiger partial charge in [0.1, 0.15) is 0 Å². The zero-order valence-corrected chi connectivity index (χ0v) is 18.5. The van der Waals surface area contributed by atoms with E-state index in [0.29, 0.717) is 18.2 Å². The molecule has 1 aliphatic rings. The minimum absolute atomic E-state index is 0.0347. The number of benzene rings is 2. The number of carbonyl (C=O) groups excluding carboxylic acids is 2. The fraction of sp³-hybridized carbons (Fsp3) is 0.200. The molecular weight excluding hydrogens is 420 g/mol. The Morgan fingerprint density at radius 3 is 2.66 bits per heavy atom. The summed E-state index contributed by atoms with van der Waals surface area (Å²) in [6.07, 6.45) is 1.91. The van der Waals surface area contributed by atoms with Crippen LogP contribution in [0.3, 0.4) is 0 Å². The van der Waals surface area contributed by atoms with Gasteiger partial charge in [-0.05, 0) is 42.8 Å². The molecule has 0 bridgehead atoms. The van der Waals surface area contributed by atoms with Crippen molar-refractivity contribution in [2.24, 2.45) is 5.92 Å². The van der Waals surface area contributed by atoms with Crippen LogP contribution in [0, 0.1) is 12.8 Å². The lowest BCUT2D eigenvalue weighted by Crippen LogP contribution is -2.37. The molecule has 1 unspecified atom stereocenters. The first kappa shape index (κ1) is 20.3. The monoisotopic (exact) mass is 442 g/mol. The Balaban J connectivity index is 1.48.